The van der Waals surface area contributed by atoms with E-state index >= 15 is 0 Å². The van der Waals surface area contributed by atoms with Crippen molar-refractivity contribution in [2.24, 2.45) is 0 Å². The molecule has 0 amide bonds. The molecule has 4 nitrogen and oxygen atoms in total. The van der Waals surface area contributed by atoms with E-state index in [4.69, 9.17) is 9.47 Å². The second kappa shape index (κ2) is 7.94. The van der Waals surface area contributed by atoms with Crippen molar-refractivity contribution in [1.82, 2.24) is 0 Å². The summed E-state index contributed by atoms with van der Waals surface area (Å²) in [4.78, 5) is 0. The number of phenols is 2. The molecule has 0 aliphatic heterocycles. The normalized spacial score (nSPS) is 11.2. The zero-order valence-corrected chi connectivity index (χ0v) is 13.2. The van der Waals surface area contributed by atoms with E-state index in [2.05, 4.69) is 0 Å². The second-order valence-electron chi connectivity index (χ2n) is 4.90. The lowest BCUT2D eigenvalue weighted by atomic mass is 10.1. The van der Waals surface area contributed by atoms with E-state index in [1.165, 1.54) is 14.2 Å². The molecule has 0 aromatic heterocycles. The van der Waals surface area contributed by atoms with Crippen LogP contribution in [0.3, 0.4) is 0 Å². The fourth-order valence-corrected chi connectivity index (χ4v) is 2.08. The van der Waals surface area contributed by atoms with Gasteiger partial charge < -0.3 is 19.7 Å². The maximum atomic E-state index is 9.54. The predicted octanol–water partition coefficient (Wildman–Crippen LogP) is 4.23. The van der Waals surface area contributed by atoms with Crippen molar-refractivity contribution in [3.63, 3.8) is 0 Å². The van der Waals surface area contributed by atoms with Crippen LogP contribution >= 0.6 is 0 Å². The molecule has 120 valence electrons. The first-order chi connectivity index (χ1) is 11.1. The van der Waals surface area contributed by atoms with Gasteiger partial charge >= 0.3 is 0 Å². The van der Waals surface area contributed by atoms with E-state index in [9.17, 15) is 10.2 Å². The average molecular weight is 312 g/mol. The van der Waals surface area contributed by atoms with Gasteiger partial charge in [0.1, 0.15) is 0 Å². The molecule has 2 aromatic rings. The third-order valence-corrected chi connectivity index (χ3v) is 3.30. The zero-order valence-electron chi connectivity index (χ0n) is 13.2. The number of ether oxygens (including phenoxy) is 2. The van der Waals surface area contributed by atoms with Gasteiger partial charge in [0.05, 0.1) is 14.2 Å². The molecule has 0 aliphatic rings. The number of allylic oxidation sites excluding steroid dienone is 2. The summed E-state index contributed by atoms with van der Waals surface area (Å²) in [6.45, 7) is 0. The van der Waals surface area contributed by atoms with E-state index in [1.807, 2.05) is 36.4 Å². The Morgan fingerprint density at radius 3 is 1.61 bits per heavy atom. The first kappa shape index (κ1) is 16.5. The van der Waals surface area contributed by atoms with Crippen molar-refractivity contribution < 1.29 is 19.7 Å². The molecule has 0 saturated carbocycles. The monoisotopic (exact) mass is 312 g/mol. The topological polar surface area (TPSA) is 58.9 Å². The lowest BCUT2D eigenvalue weighted by molar-refractivity contribution is 0.373. The van der Waals surface area contributed by atoms with Crippen LogP contribution in [-0.2, 0) is 0 Å². The molecule has 2 N–H and O–H groups in total. The maximum absolute atomic E-state index is 9.54. The van der Waals surface area contributed by atoms with Crippen molar-refractivity contribution in [2.45, 2.75) is 6.42 Å². The Hall–Kier alpha value is -2.88. The van der Waals surface area contributed by atoms with Crippen LogP contribution in [0.15, 0.2) is 48.6 Å². The Labute approximate surface area is 135 Å². The number of rotatable bonds is 6. The minimum absolute atomic E-state index is 0.130. The summed E-state index contributed by atoms with van der Waals surface area (Å²) in [5.74, 6) is 1.18. The fraction of sp³-hybridized carbons (Fsp3) is 0.158. The SMILES string of the molecule is COc1cc(/C=C/C/C=C/c2ccc(O)c(OC)c2)ccc1O. The minimum Gasteiger partial charge on any atom is -0.504 e. The van der Waals surface area contributed by atoms with Crippen molar-refractivity contribution in [2.75, 3.05) is 14.2 Å². The largest absolute Gasteiger partial charge is 0.504 e. The quantitative estimate of drug-likeness (QED) is 0.838. The molecule has 0 aliphatic carbocycles. The number of phenolic OH excluding ortho intramolecular Hbond substituents is 2. The third-order valence-electron chi connectivity index (χ3n) is 3.30. The summed E-state index contributed by atoms with van der Waals surface area (Å²) in [5.41, 5.74) is 1.92. The van der Waals surface area contributed by atoms with E-state index in [0.29, 0.717) is 11.5 Å². The molecular formula is C19H20O4. The van der Waals surface area contributed by atoms with Crippen LogP contribution in [0.5, 0.6) is 23.0 Å². The van der Waals surface area contributed by atoms with Gasteiger partial charge in [0.25, 0.3) is 0 Å². The van der Waals surface area contributed by atoms with Crippen LogP contribution in [-0.4, -0.2) is 24.4 Å². The van der Waals surface area contributed by atoms with Gasteiger partial charge in [-0.25, -0.2) is 0 Å². The highest BCUT2D eigenvalue weighted by molar-refractivity contribution is 5.57. The maximum Gasteiger partial charge on any atom is 0.161 e. The Bertz CT molecular complexity index is 656. The molecule has 0 saturated heterocycles. The first-order valence-electron chi connectivity index (χ1n) is 7.21. The molecule has 0 bridgehead atoms. The average Bonchev–Trinajstić information content (AvgIpc) is 2.57. The molecule has 2 rings (SSSR count). The number of benzene rings is 2. The summed E-state index contributed by atoms with van der Waals surface area (Å²) in [5, 5.41) is 19.1. The first-order valence-corrected chi connectivity index (χ1v) is 7.21. The van der Waals surface area contributed by atoms with E-state index < -0.39 is 0 Å². The molecule has 4 heteroatoms. The van der Waals surface area contributed by atoms with Gasteiger partial charge in [0.15, 0.2) is 23.0 Å². The Morgan fingerprint density at radius 1 is 0.783 bits per heavy atom. The van der Waals surface area contributed by atoms with E-state index in [1.54, 1.807) is 24.3 Å². The molecule has 23 heavy (non-hydrogen) atoms. The summed E-state index contributed by atoms with van der Waals surface area (Å²) in [6, 6.07) is 10.4. The lowest BCUT2D eigenvalue weighted by Gasteiger charge is -2.03. The summed E-state index contributed by atoms with van der Waals surface area (Å²) in [6.07, 6.45) is 8.71. The Balaban J connectivity index is 1.96. The third kappa shape index (κ3) is 4.54. The van der Waals surface area contributed by atoms with Crippen molar-refractivity contribution in [3.05, 3.63) is 59.7 Å². The molecule has 0 radical (unpaired) electrons. The molecular weight excluding hydrogens is 292 g/mol. The molecule has 0 atom stereocenters. The number of methoxy groups -OCH3 is 2. The molecule has 2 aromatic carbocycles. The second-order valence-corrected chi connectivity index (χ2v) is 4.90. The van der Waals surface area contributed by atoms with E-state index in [-0.39, 0.29) is 11.5 Å². The minimum atomic E-state index is 0.130. The van der Waals surface area contributed by atoms with Crippen LogP contribution in [0.25, 0.3) is 12.2 Å². The van der Waals surface area contributed by atoms with Crippen molar-refractivity contribution in [3.8, 4) is 23.0 Å². The van der Waals surface area contributed by atoms with Gasteiger partial charge in [0.2, 0.25) is 0 Å². The summed E-state index contributed by atoms with van der Waals surface area (Å²) < 4.78 is 10.1. The van der Waals surface area contributed by atoms with Gasteiger partial charge in [-0.1, -0.05) is 36.4 Å². The van der Waals surface area contributed by atoms with Crippen LogP contribution < -0.4 is 9.47 Å². The van der Waals surface area contributed by atoms with Gasteiger partial charge in [-0.05, 0) is 41.8 Å². The molecule has 0 spiro atoms. The van der Waals surface area contributed by atoms with Crippen molar-refractivity contribution >= 4 is 12.2 Å². The van der Waals surface area contributed by atoms with Crippen LogP contribution in [0.1, 0.15) is 17.5 Å². The van der Waals surface area contributed by atoms with Gasteiger partial charge in [-0.15, -0.1) is 0 Å². The molecule has 0 fully saturated rings. The molecule has 0 unspecified atom stereocenters. The highest BCUT2D eigenvalue weighted by Crippen LogP contribution is 2.27. The van der Waals surface area contributed by atoms with Gasteiger partial charge in [-0.3, -0.25) is 0 Å². The highest BCUT2D eigenvalue weighted by atomic mass is 16.5. The van der Waals surface area contributed by atoms with Crippen LogP contribution in [0.4, 0.5) is 0 Å². The Morgan fingerprint density at radius 2 is 1.22 bits per heavy atom. The van der Waals surface area contributed by atoms with Crippen LogP contribution in [0.2, 0.25) is 0 Å². The summed E-state index contributed by atoms with van der Waals surface area (Å²) in [7, 11) is 3.05. The van der Waals surface area contributed by atoms with E-state index in [0.717, 1.165) is 17.5 Å². The standard InChI is InChI=1S/C19H20O4/c1-22-18-12-14(8-10-16(18)20)6-4-3-5-7-15-9-11-17(21)19(13-15)23-2/h4-13,20-21H,3H2,1-2H3/b6-4+,7-5+. The molecule has 0 heterocycles. The smallest absolute Gasteiger partial charge is 0.161 e. The number of hydrogen-bond acceptors (Lipinski definition) is 4. The zero-order chi connectivity index (χ0) is 16.7. The van der Waals surface area contributed by atoms with Crippen molar-refractivity contribution in [1.29, 1.82) is 0 Å². The number of hydrogen-bond donors (Lipinski definition) is 2. The Kier molecular flexibility index (Phi) is 5.69. The predicted molar refractivity (Wildman–Crippen MR) is 92.0 cm³/mol. The fourth-order valence-electron chi connectivity index (χ4n) is 2.08. The lowest BCUT2D eigenvalue weighted by Crippen LogP contribution is -1.84. The summed E-state index contributed by atoms with van der Waals surface area (Å²) >= 11 is 0. The van der Waals surface area contributed by atoms with Gasteiger partial charge in [-0.2, -0.15) is 0 Å². The van der Waals surface area contributed by atoms with Gasteiger partial charge in [0, 0.05) is 0 Å². The van der Waals surface area contributed by atoms with Crippen LogP contribution in [0, 0.1) is 0 Å². The number of aromatic hydroxyl groups is 2. The highest BCUT2D eigenvalue weighted by Gasteiger charge is 2.00.